The lowest BCUT2D eigenvalue weighted by molar-refractivity contribution is -0.139. The molecule has 1 heterocycles. The third-order valence-corrected chi connectivity index (χ3v) is 6.48. The van der Waals surface area contributed by atoms with Crippen molar-refractivity contribution in [2.24, 2.45) is 0 Å². The van der Waals surface area contributed by atoms with Crippen LogP contribution >= 0.6 is 34.8 Å². The molecular weight excluding hydrogens is 511 g/mol. The van der Waals surface area contributed by atoms with Crippen LogP contribution in [-0.4, -0.2) is 35.1 Å². The first-order valence-corrected chi connectivity index (χ1v) is 11.6. The van der Waals surface area contributed by atoms with E-state index in [-0.39, 0.29) is 22.0 Å². The zero-order valence-electron chi connectivity index (χ0n) is 18.4. The van der Waals surface area contributed by atoms with E-state index in [2.05, 4.69) is 10.3 Å². The normalized spacial score (nSPS) is 11.8. The summed E-state index contributed by atoms with van der Waals surface area (Å²) >= 11 is 18.7. The average molecular weight is 530 g/mol. The lowest BCUT2D eigenvalue weighted by atomic mass is 9.94. The van der Waals surface area contributed by atoms with Crippen LogP contribution in [-0.2, 0) is 11.2 Å². The molecule has 6 nitrogen and oxygen atoms in total. The summed E-state index contributed by atoms with van der Waals surface area (Å²) in [6.45, 7) is 0. The standard InChI is InChI=1S/C26H19Cl3N2O4/c1-35-21-9-3-8-17(27)22(21)15-11-10-14(24-16(15)5-4-12-30-24)13-20(26(33)34)31-25(32)23-18(28)6-2-7-19(23)29/h2-12,20H,13H2,1H3,(H,31,32)(H,33,34). The van der Waals surface area contributed by atoms with Crippen molar-refractivity contribution < 1.29 is 19.4 Å². The number of carbonyl (C=O) groups excluding carboxylic acids is 1. The Labute approximate surface area is 216 Å². The van der Waals surface area contributed by atoms with Gasteiger partial charge in [0.2, 0.25) is 0 Å². The van der Waals surface area contributed by atoms with E-state index in [1.807, 2.05) is 18.2 Å². The highest BCUT2D eigenvalue weighted by Crippen LogP contribution is 2.40. The van der Waals surface area contributed by atoms with Crippen LogP contribution in [0.4, 0.5) is 0 Å². The van der Waals surface area contributed by atoms with Crippen LogP contribution in [0.25, 0.3) is 22.0 Å². The summed E-state index contributed by atoms with van der Waals surface area (Å²) in [5.41, 5.74) is 2.73. The highest BCUT2D eigenvalue weighted by molar-refractivity contribution is 6.39. The summed E-state index contributed by atoms with van der Waals surface area (Å²) in [6, 6.07) is 16.0. The number of amides is 1. The molecule has 0 aliphatic rings. The average Bonchev–Trinajstić information content (AvgIpc) is 2.83. The molecule has 1 unspecified atom stereocenters. The van der Waals surface area contributed by atoms with Crippen molar-refractivity contribution in [2.45, 2.75) is 12.5 Å². The smallest absolute Gasteiger partial charge is 0.326 e. The number of aliphatic carboxylic acids is 1. The summed E-state index contributed by atoms with van der Waals surface area (Å²) in [7, 11) is 1.56. The Morgan fingerprint density at radius 1 is 0.971 bits per heavy atom. The van der Waals surface area contributed by atoms with Crippen LogP contribution in [0.15, 0.2) is 66.9 Å². The lowest BCUT2D eigenvalue weighted by Crippen LogP contribution is -2.42. The maximum atomic E-state index is 12.8. The first-order valence-electron chi connectivity index (χ1n) is 10.5. The largest absolute Gasteiger partial charge is 0.496 e. The predicted octanol–water partition coefficient (Wildman–Crippen LogP) is 6.30. The van der Waals surface area contributed by atoms with Crippen LogP contribution in [0.3, 0.4) is 0 Å². The fourth-order valence-corrected chi connectivity index (χ4v) is 4.75. The Kier molecular flexibility index (Phi) is 7.45. The summed E-state index contributed by atoms with van der Waals surface area (Å²) in [6.07, 6.45) is 1.61. The van der Waals surface area contributed by atoms with Gasteiger partial charge in [-0.1, -0.05) is 65.1 Å². The SMILES string of the molecule is COc1cccc(Cl)c1-c1ccc(CC(NC(=O)c2c(Cl)cccc2Cl)C(=O)O)c2ncccc12. The van der Waals surface area contributed by atoms with Gasteiger partial charge in [-0.05, 0) is 41.5 Å². The quantitative estimate of drug-likeness (QED) is 0.293. The number of carboxylic acids is 1. The first kappa shape index (κ1) is 24.8. The zero-order valence-corrected chi connectivity index (χ0v) is 20.7. The third kappa shape index (κ3) is 5.05. The molecule has 0 saturated heterocycles. The maximum absolute atomic E-state index is 12.8. The van der Waals surface area contributed by atoms with E-state index in [1.54, 1.807) is 43.6 Å². The third-order valence-electron chi connectivity index (χ3n) is 5.54. The van der Waals surface area contributed by atoms with Gasteiger partial charge >= 0.3 is 5.97 Å². The van der Waals surface area contributed by atoms with Crippen LogP contribution in [0, 0.1) is 0 Å². The Morgan fingerprint density at radius 3 is 2.34 bits per heavy atom. The fraction of sp³-hybridized carbons (Fsp3) is 0.115. The molecule has 0 aliphatic heterocycles. The van der Waals surface area contributed by atoms with Crippen LogP contribution in [0.2, 0.25) is 15.1 Å². The van der Waals surface area contributed by atoms with E-state index >= 15 is 0 Å². The van der Waals surface area contributed by atoms with Crippen molar-refractivity contribution >= 4 is 57.6 Å². The molecule has 0 fully saturated rings. The molecule has 1 aromatic heterocycles. The van der Waals surface area contributed by atoms with Crippen molar-refractivity contribution in [2.75, 3.05) is 7.11 Å². The van der Waals surface area contributed by atoms with Gasteiger partial charge in [0.1, 0.15) is 11.8 Å². The number of nitrogens with zero attached hydrogens (tertiary/aromatic N) is 1. The second-order valence-electron chi connectivity index (χ2n) is 7.65. The molecule has 3 aromatic carbocycles. The number of ether oxygens (including phenoxy) is 1. The number of nitrogens with one attached hydrogen (secondary N) is 1. The molecule has 1 amide bonds. The molecule has 9 heteroatoms. The number of halogens is 3. The number of benzene rings is 3. The van der Waals surface area contributed by atoms with E-state index in [0.29, 0.717) is 27.4 Å². The molecule has 0 saturated carbocycles. The summed E-state index contributed by atoms with van der Waals surface area (Å²) < 4.78 is 5.51. The van der Waals surface area contributed by atoms with Crippen LogP contribution in [0.5, 0.6) is 5.75 Å². The van der Waals surface area contributed by atoms with Gasteiger partial charge in [0.25, 0.3) is 5.91 Å². The number of carboxylic acid groups (broad SMARTS) is 1. The molecule has 0 aliphatic carbocycles. The Morgan fingerprint density at radius 2 is 1.66 bits per heavy atom. The van der Waals surface area contributed by atoms with Crippen molar-refractivity contribution in [3.8, 4) is 16.9 Å². The van der Waals surface area contributed by atoms with Gasteiger partial charge in [-0.3, -0.25) is 9.78 Å². The van der Waals surface area contributed by atoms with E-state index < -0.39 is 17.9 Å². The van der Waals surface area contributed by atoms with Crippen molar-refractivity contribution in [1.82, 2.24) is 10.3 Å². The summed E-state index contributed by atoms with van der Waals surface area (Å²) in [5.74, 6) is -1.28. The second kappa shape index (κ2) is 10.5. The van der Waals surface area contributed by atoms with E-state index in [9.17, 15) is 14.7 Å². The highest BCUT2D eigenvalue weighted by Gasteiger charge is 2.25. The lowest BCUT2D eigenvalue weighted by Gasteiger charge is -2.18. The summed E-state index contributed by atoms with van der Waals surface area (Å²) in [5, 5.41) is 13.9. The molecule has 178 valence electrons. The Hall–Kier alpha value is -3.32. The van der Waals surface area contributed by atoms with Crippen LogP contribution in [0.1, 0.15) is 15.9 Å². The number of fused-ring (bicyclic) bond motifs is 1. The molecule has 0 bridgehead atoms. The number of hydrogen-bond donors (Lipinski definition) is 2. The number of pyridine rings is 1. The highest BCUT2D eigenvalue weighted by atomic mass is 35.5. The first-order chi connectivity index (χ1) is 16.8. The van der Waals surface area contributed by atoms with Gasteiger partial charge in [-0.25, -0.2) is 4.79 Å². The second-order valence-corrected chi connectivity index (χ2v) is 8.88. The maximum Gasteiger partial charge on any atom is 0.326 e. The molecule has 4 aromatic rings. The molecule has 4 rings (SSSR count). The molecule has 0 radical (unpaired) electrons. The van der Waals surface area contributed by atoms with Gasteiger partial charge in [-0.15, -0.1) is 0 Å². The van der Waals surface area contributed by atoms with E-state index in [0.717, 1.165) is 10.9 Å². The minimum absolute atomic E-state index is 0.0173. The van der Waals surface area contributed by atoms with Gasteiger partial charge in [0.15, 0.2) is 0 Å². The fourth-order valence-electron chi connectivity index (χ4n) is 3.91. The van der Waals surface area contributed by atoms with Crippen molar-refractivity contribution in [3.05, 3.63) is 93.1 Å². The molecular formula is C26H19Cl3N2O4. The van der Waals surface area contributed by atoms with Crippen molar-refractivity contribution in [3.63, 3.8) is 0 Å². The van der Waals surface area contributed by atoms with Crippen molar-refractivity contribution in [1.29, 1.82) is 0 Å². The Bertz CT molecular complexity index is 1420. The zero-order chi connectivity index (χ0) is 25.1. The summed E-state index contributed by atoms with van der Waals surface area (Å²) in [4.78, 5) is 29.4. The number of aromatic nitrogens is 1. The predicted molar refractivity (Wildman–Crippen MR) is 138 cm³/mol. The number of rotatable bonds is 7. The molecule has 2 N–H and O–H groups in total. The van der Waals surface area contributed by atoms with Gasteiger partial charge in [0.05, 0.1) is 33.3 Å². The Balaban J connectivity index is 1.73. The van der Waals surface area contributed by atoms with Gasteiger partial charge in [0, 0.05) is 23.6 Å². The monoisotopic (exact) mass is 528 g/mol. The van der Waals surface area contributed by atoms with E-state index in [4.69, 9.17) is 39.5 Å². The number of methoxy groups -OCH3 is 1. The minimum Gasteiger partial charge on any atom is -0.496 e. The van der Waals surface area contributed by atoms with Gasteiger partial charge < -0.3 is 15.2 Å². The minimum atomic E-state index is -1.25. The molecule has 0 spiro atoms. The number of carbonyl (C=O) groups is 2. The number of hydrogen-bond acceptors (Lipinski definition) is 4. The molecule has 35 heavy (non-hydrogen) atoms. The van der Waals surface area contributed by atoms with Gasteiger partial charge in [-0.2, -0.15) is 0 Å². The topological polar surface area (TPSA) is 88.5 Å². The van der Waals surface area contributed by atoms with E-state index in [1.165, 1.54) is 12.1 Å². The van der Waals surface area contributed by atoms with Crippen LogP contribution < -0.4 is 10.1 Å². The molecule has 1 atom stereocenters.